The Kier molecular flexibility index (Phi) is 4.10. The van der Waals surface area contributed by atoms with Gasteiger partial charge >= 0.3 is 0 Å². The Bertz CT molecular complexity index is 309. The van der Waals surface area contributed by atoms with Crippen LogP contribution in [0, 0.1) is 0 Å². The number of aliphatic hydroxyl groups is 1. The molecule has 1 amide bonds. The van der Waals surface area contributed by atoms with E-state index in [9.17, 15) is 4.79 Å². The molecule has 0 bridgehead atoms. The molecule has 78 valence electrons. The second-order valence-corrected chi connectivity index (χ2v) is 4.10. The van der Waals surface area contributed by atoms with E-state index in [1.165, 1.54) is 11.3 Å². The lowest BCUT2D eigenvalue weighted by molar-refractivity contribution is 0.0925. The molecule has 4 heteroatoms. The molecule has 1 rings (SSSR count). The lowest BCUT2D eigenvalue weighted by Crippen LogP contribution is -2.34. The molecule has 3 nitrogen and oxygen atoms in total. The first-order valence-corrected chi connectivity index (χ1v) is 5.55. The number of hydrogen-bond acceptors (Lipinski definition) is 3. The smallest absolute Gasteiger partial charge is 0.261 e. The van der Waals surface area contributed by atoms with Crippen molar-refractivity contribution in [2.75, 3.05) is 6.61 Å². The van der Waals surface area contributed by atoms with E-state index in [0.29, 0.717) is 0 Å². The number of thiophene rings is 1. The summed E-state index contributed by atoms with van der Waals surface area (Å²) in [7, 11) is 0. The van der Waals surface area contributed by atoms with Crippen LogP contribution in [0.2, 0.25) is 0 Å². The van der Waals surface area contributed by atoms with Gasteiger partial charge in [0.25, 0.3) is 5.91 Å². The Labute approximate surface area is 87.8 Å². The zero-order chi connectivity index (χ0) is 10.6. The average molecular weight is 213 g/mol. The van der Waals surface area contributed by atoms with Crippen LogP contribution >= 0.6 is 11.3 Å². The molecule has 1 unspecified atom stereocenters. The zero-order valence-corrected chi connectivity index (χ0v) is 9.23. The molecule has 1 atom stereocenters. The van der Waals surface area contributed by atoms with Crippen molar-refractivity contribution in [2.45, 2.75) is 26.3 Å². The summed E-state index contributed by atoms with van der Waals surface area (Å²) < 4.78 is 0. The van der Waals surface area contributed by atoms with Gasteiger partial charge in [-0.3, -0.25) is 4.79 Å². The molecule has 0 aliphatic rings. The minimum absolute atomic E-state index is 0.0292. The van der Waals surface area contributed by atoms with Gasteiger partial charge in [0, 0.05) is 6.04 Å². The molecular formula is C10H15NO2S. The summed E-state index contributed by atoms with van der Waals surface area (Å²) in [5.41, 5.74) is 1.07. The summed E-state index contributed by atoms with van der Waals surface area (Å²) in [5, 5.41) is 13.4. The number of carbonyl (C=O) groups excluding carboxylic acids is 1. The van der Waals surface area contributed by atoms with E-state index in [0.717, 1.165) is 16.9 Å². The highest BCUT2D eigenvalue weighted by Gasteiger charge is 2.13. The Morgan fingerprint density at radius 1 is 1.71 bits per heavy atom. The van der Waals surface area contributed by atoms with Gasteiger partial charge in [0.05, 0.1) is 11.5 Å². The van der Waals surface area contributed by atoms with Gasteiger partial charge in [0.15, 0.2) is 0 Å². The molecule has 0 fully saturated rings. The number of amides is 1. The first-order valence-electron chi connectivity index (χ1n) is 4.67. The summed E-state index contributed by atoms with van der Waals surface area (Å²) in [4.78, 5) is 12.4. The maximum absolute atomic E-state index is 11.6. The monoisotopic (exact) mass is 213 g/mol. The number of aliphatic hydroxyl groups excluding tert-OH is 1. The molecule has 0 aromatic carbocycles. The van der Waals surface area contributed by atoms with Gasteiger partial charge in [0.1, 0.15) is 0 Å². The van der Waals surface area contributed by atoms with Gasteiger partial charge in [-0.25, -0.2) is 0 Å². The predicted molar refractivity (Wildman–Crippen MR) is 57.7 cm³/mol. The quantitative estimate of drug-likeness (QED) is 0.794. The van der Waals surface area contributed by atoms with Crippen LogP contribution in [0.1, 0.15) is 29.1 Å². The van der Waals surface area contributed by atoms with Crippen LogP contribution < -0.4 is 5.32 Å². The average Bonchev–Trinajstić information content (AvgIpc) is 2.65. The van der Waals surface area contributed by atoms with E-state index in [2.05, 4.69) is 5.32 Å². The van der Waals surface area contributed by atoms with Crippen molar-refractivity contribution in [3.05, 3.63) is 21.9 Å². The van der Waals surface area contributed by atoms with E-state index in [-0.39, 0.29) is 18.6 Å². The standard InChI is InChI=1S/C10H15NO2S/c1-3-8-4-5-14-9(8)10(13)11-7(2)6-12/h4-5,7,12H,3,6H2,1-2H3,(H,11,13). The molecule has 1 aromatic heterocycles. The van der Waals surface area contributed by atoms with Crippen LogP contribution in [0.5, 0.6) is 0 Å². The molecule has 0 aliphatic carbocycles. The van der Waals surface area contributed by atoms with Crippen molar-refractivity contribution in [3.8, 4) is 0 Å². The van der Waals surface area contributed by atoms with Gasteiger partial charge < -0.3 is 10.4 Å². The van der Waals surface area contributed by atoms with E-state index in [1.807, 2.05) is 18.4 Å². The van der Waals surface area contributed by atoms with E-state index >= 15 is 0 Å². The van der Waals surface area contributed by atoms with Crippen LogP contribution in [0.4, 0.5) is 0 Å². The van der Waals surface area contributed by atoms with Gasteiger partial charge in [-0.1, -0.05) is 6.92 Å². The minimum Gasteiger partial charge on any atom is -0.394 e. The van der Waals surface area contributed by atoms with Gasteiger partial charge in [-0.05, 0) is 30.4 Å². The molecule has 2 N–H and O–H groups in total. The van der Waals surface area contributed by atoms with Crippen LogP contribution in [-0.2, 0) is 6.42 Å². The highest BCUT2D eigenvalue weighted by Crippen LogP contribution is 2.17. The normalized spacial score (nSPS) is 12.5. The summed E-state index contributed by atoms with van der Waals surface area (Å²) in [5.74, 6) is -0.0848. The fraction of sp³-hybridized carbons (Fsp3) is 0.500. The first kappa shape index (κ1) is 11.2. The van der Waals surface area contributed by atoms with Crippen molar-refractivity contribution in [3.63, 3.8) is 0 Å². The minimum atomic E-state index is -0.186. The second kappa shape index (κ2) is 5.12. The fourth-order valence-electron chi connectivity index (χ4n) is 1.15. The number of aryl methyl sites for hydroxylation is 1. The van der Waals surface area contributed by atoms with Crippen molar-refractivity contribution in [2.24, 2.45) is 0 Å². The number of hydrogen-bond donors (Lipinski definition) is 2. The molecule has 1 aromatic rings. The molecule has 14 heavy (non-hydrogen) atoms. The Morgan fingerprint density at radius 2 is 2.43 bits per heavy atom. The molecule has 0 saturated carbocycles. The van der Waals surface area contributed by atoms with Crippen LogP contribution in [0.15, 0.2) is 11.4 Å². The summed E-state index contributed by atoms with van der Waals surface area (Å²) in [6.07, 6.45) is 0.861. The maximum atomic E-state index is 11.6. The Hall–Kier alpha value is -0.870. The second-order valence-electron chi connectivity index (χ2n) is 3.19. The topological polar surface area (TPSA) is 49.3 Å². The number of nitrogens with one attached hydrogen (secondary N) is 1. The third-order valence-electron chi connectivity index (χ3n) is 1.99. The molecular weight excluding hydrogens is 198 g/mol. The van der Waals surface area contributed by atoms with Gasteiger partial charge in [0.2, 0.25) is 0 Å². The third-order valence-corrected chi connectivity index (χ3v) is 2.94. The number of carbonyl (C=O) groups is 1. The van der Waals surface area contributed by atoms with Crippen molar-refractivity contribution in [1.82, 2.24) is 5.32 Å². The van der Waals surface area contributed by atoms with Crippen LogP contribution in [0.25, 0.3) is 0 Å². The largest absolute Gasteiger partial charge is 0.394 e. The van der Waals surface area contributed by atoms with Gasteiger partial charge in [-0.15, -0.1) is 11.3 Å². The van der Waals surface area contributed by atoms with Crippen molar-refractivity contribution >= 4 is 17.2 Å². The van der Waals surface area contributed by atoms with Crippen LogP contribution in [-0.4, -0.2) is 23.7 Å². The summed E-state index contributed by atoms with van der Waals surface area (Å²) in [6, 6.07) is 1.78. The van der Waals surface area contributed by atoms with Crippen molar-refractivity contribution in [1.29, 1.82) is 0 Å². The lowest BCUT2D eigenvalue weighted by atomic mass is 10.2. The molecule has 0 radical (unpaired) electrons. The molecule has 0 saturated heterocycles. The van der Waals surface area contributed by atoms with E-state index < -0.39 is 0 Å². The molecule has 0 aliphatic heterocycles. The summed E-state index contributed by atoms with van der Waals surface area (Å²) in [6.45, 7) is 3.77. The highest BCUT2D eigenvalue weighted by atomic mass is 32.1. The first-order chi connectivity index (χ1) is 6.69. The van der Waals surface area contributed by atoms with E-state index in [4.69, 9.17) is 5.11 Å². The van der Waals surface area contributed by atoms with E-state index in [1.54, 1.807) is 6.92 Å². The highest BCUT2D eigenvalue weighted by molar-refractivity contribution is 7.12. The fourth-order valence-corrected chi connectivity index (χ4v) is 2.05. The SMILES string of the molecule is CCc1ccsc1C(=O)NC(C)CO. The Morgan fingerprint density at radius 3 is 3.00 bits per heavy atom. The summed E-state index contributed by atoms with van der Waals surface area (Å²) >= 11 is 1.44. The Balaban J connectivity index is 2.69. The van der Waals surface area contributed by atoms with Gasteiger partial charge in [-0.2, -0.15) is 0 Å². The van der Waals surface area contributed by atoms with Crippen LogP contribution in [0.3, 0.4) is 0 Å². The van der Waals surface area contributed by atoms with Crippen molar-refractivity contribution < 1.29 is 9.90 Å². The zero-order valence-electron chi connectivity index (χ0n) is 8.41. The number of rotatable bonds is 4. The third kappa shape index (κ3) is 2.56. The predicted octanol–water partition coefficient (Wildman–Crippen LogP) is 1.42. The molecule has 1 heterocycles. The lowest BCUT2D eigenvalue weighted by Gasteiger charge is -2.10. The maximum Gasteiger partial charge on any atom is 0.261 e. The molecule has 0 spiro atoms.